The maximum absolute atomic E-state index is 11.2. The Morgan fingerprint density at radius 1 is 1.83 bits per heavy atom. The third-order valence-corrected chi connectivity index (χ3v) is 2.53. The molecule has 0 fully saturated rings. The lowest BCUT2D eigenvalue weighted by Crippen LogP contribution is -2.18. The van der Waals surface area contributed by atoms with Crippen LogP contribution in [-0.4, -0.2) is 11.1 Å². The van der Waals surface area contributed by atoms with Crippen LogP contribution >= 0.6 is 11.3 Å². The third kappa shape index (κ3) is 1.84. The van der Waals surface area contributed by atoms with Crippen LogP contribution in [-0.2, 0) is 6.54 Å². The highest BCUT2D eigenvalue weighted by Crippen LogP contribution is 2.01. The second kappa shape index (κ2) is 3.69. The highest BCUT2D eigenvalue weighted by molar-refractivity contribution is 7.07. The Hall–Kier alpha value is -0.870. The van der Waals surface area contributed by atoms with Gasteiger partial charge in [-0.3, -0.25) is 9.36 Å². The van der Waals surface area contributed by atoms with Crippen molar-refractivity contribution in [3.8, 4) is 0 Å². The summed E-state index contributed by atoms with van der Waals surface area (Å²) < 4.78 is 1.68. The Morgan fingerprint density at radius 2 is 2.50 bits per heavy atom. The molecule has 4 heteroatoms. The molecule has 0 unspecified atom stereocenters. The molecule has 1 aromatic rings. The molecule has 0 amide bonds. The first kappa shape index (κ1) is 9.22. The van der Waals surface area contributed by atoms with E-state index in [0.717, 1.165) is 11.3 Å². The summed E-state index contributed by atoms with van der Waals surface area (Å²) in [7, 11) is 0. The molecule has 0 aromatic carbocycles. The van der Waals surface area contributed by atoms with Gasteiger partial charge in [0.15, 0.2) is 0 Å². The standard InChI is InChI=1S/C8H12N2OS/c1-6(3-9)4-10-7(2)5-12-8(10)11/h5H,1,3-4,9H2,2H3. The summed E-state index contributed by atoms with van der Waals surface area (Å²) in [4.78, 5) is 11.2. The summed E-state index contributed by atoms with van der Waals surface area (Å²) in [6.45, 7) is 6.63. The van der Waals surface area contributed by atoms with Gasteiger partial charge < -0.3 is 5.73 Å². The van der Waals surface area contributed by atoms with Crippen LogP contribution in [0.15, 0.2) is 22.3 Å². The first-order chi connectivity index (χ1) is 5.65. The van der Waals surface area contributed by atoms with Crippen molar-refractivity contribution in [2.45, 2.75) is 13.5 Å². The maximum atomic E-state index is 11.2. The Morgan fingerprint density at radius 3 is 2.92 bits per heavy atom. The minimum atomic E-state index is 0.0575. The zero-order valence-corrected chi connectivity index (χ0v) is 7.86. The fourth-order valence-electron chi connectivity index (χ4n) is 0.884. The van der Waals surface area contributed by atoms with E-state index in [1.165, 1.54) is 11.3 Å². The van der Waals surface area contributed by atoms with Crippen LogP contribution in [0.5, 0.6) is 0 Å². The zero-order chi connectivity index (χ0) is 9.14. The van der Waals surface area contributed by atoms with Crippen molar-refractivity contribution < 1.29 is 0 Å². The smallest absolute Gasteiger partial charge is 0.307 e. The molecule has 0 aliphatic heterocycles. The summed E-state index contributed by atoms with van der Waals surface area (Å²) in [5, 5.41) is 1.84. The summed E-state index contributed by atoms with van der Waals surface area (Å²) in [6.07, 6.45) is 0. The Kier molecular flexibility index (Phi) is 2.83. The summed E-state index contributed by atoms with van der Waals surface area (Å²) in [5.74, 6) is 0. The van der Waals surface area contributed by atoms with Gasteiger partial charge in [0.25, 0.3) is 0 Å². The third-order valence-electron chi connectivity index (χ3n) is 1.65. The quantitative estimate of drug-likeness (QED) is 0.704. The van der Waals surface area contributed by atoms with Crippen molar-refractivity contribution >= 4 is 11.3 Å². The van der Waals surface area contributed by atoms with Gasteiger partial charge in [-0.2, -0.15) is 0 Å². The molecule has 0 aliphatic rings. The highest BCUT2D eigenvalue weighted by atomic mass is 32.1. The first-order valence-electron chi connectivity index (χ1n) is 3.66. The molecule has 0 bridgehead atoms. The number of aryl methyl sites for hydroxylation is 1. The number of aromatic nitrogens is 1. The van der Waals surface area contributed by atoms with Gasteiger partial charge in [0.2, 0.25) is 0 Å². The normalized spacial score (nSPS) is 10.2. The van der Waals surface area contributed by atoms with E-state index in [1.807, 2.05) is 12.3 Å². The molecule has 0 saturated carbocycles. The zero-order valence-electron chi connectivity index (χ0n) is 7.04. The van der Waals surface area contributed by atoms with Gasteiger partial charge in [-0.25, -0.2) is 0 Å². The van der Waals surface area contributed by atoms with Crippen molar-refractivity contribution in [3.05, 3.63) is 32.9 Å². The molecule has 0 saturated heterocycles. The van der Waals surface area contributed by atoms with E-state index in [0.29, 0.717) is 13.1 Å². The lowest BCUT2D eigenvalue weighted by molar-refractivity contribution is 0.732. The number of hydrogen-bond donors (Lipinski definition) is 1. The SMILES string of the molecule is C=C(CN)Cn1c(C)csc1=O. The van der Waals surface area contributed by atoms with E-state index in [9.17, 15) is 4.79 Å². The van der Waals surface area contributed by atoms with Crippen molar-refractivity contribution in [1.29, 1.82) is 0 Å². The summed E-state index contributed by atoms with van der Waals surface area (Å²) >= 11 is 1.21. The van der Waals surface area contributed by atoms with E-state index in [1.54, 1.807) is 4.57 Å². The molecule has 1 rings (SSSR count). The molecule has 66 valence electrons. The lowest BCUT2D eigenvalue weighted by atomic mass is 10.3. The van der Waals surface area contributed by atoms with Gasteiger partial charge in [0, 0.05) is 24.2 Å². The van der Waals surface area contributed by atoms with Crippen molar-refractivity contribution in [3.63, 3.8) is 0 Å². The van der Waals surface area contributed by atoms with Gasteiger partial charge in [0.1, 0.15) is 0 Å². The minimum absolute atomic E-state index is 0.0575. The second-order valence-electron chi connectivity index (χ2n) is 2.68. The van der Waals surface area contributed by atoms with Crippen molar-refractivity contribution in [1.82, 2.24) is 4.57 Å². The molecule has 0 aliphatic carbocycles. The Bertz CT molecular complexity index is 337. The van der Waals surface area contributed by atoms with E-state index < -0.39 is 0 Å². The molecule has 0 atom stereocenters. The van der Waals surface area contributed by atoms with Gasteiger partial charge in [-0.1, -0.05) is 17.9 Å². The molecule has 3 nitrogen and oxygen atoms in total. The van der Waals surface area contributed by atoms with E-state index in [4.69, 9.17) is 5.73 Å². The lowest BCUT2D eigenvalue weighted by Gasteiger charge is -2.04. The van der Waals surface area contributed by atoms with Gasteiger partial charge in [-0.05, 0) is 12.5 Å². The molecule has 2 N–H and O–H groups in total. The number of nitrogens with two attached hydrogens (primary N) is 1. The number of rotatable bonds is 3. The minimum Gasteiger partial charge on any atom is -0.327 e. The fraction of sp³-hybridized carbons (Fsp3) is 0.375. The maximum Gasteiger partial charge on any atom is 0.307 e. The monoisotopic (exact) mass is 184 g/mol. The Labute approximate surface area is 75.1 Å². The molecule has 12 heavy (non-hydrogen) atoms. The fourth-order valence-corrected chi connectivity index (χ4v) is 1.62. The largest absolute Gasteiger partial charge is 0.327 e. The van der Waals surface area contributed by atoms with Crippen LogP contribution in [0, 0.1) is 6.92 Å². The average Bonchev–Trinajstić information content (AvgIpc) is 2.35. The topological polar surface area (TPSA) is 48.0 Å². The summed E-state index contributed by atoms with van der Waals surface area (Å²) in [6, 6.07) is 0. The van der Waals surface area contributed by atoms with Crippen LogP contribution in [0.2, 0.25) is 0 Å². The average molecular weight is 184 g/mol. The molecule has 0 radical (unpaired) electrons. The van der Waals surface area contributed by atoms with Crippen LogP contribution in [0.4, 0.5) is 0 Å². The molecule has 0 spiro atoms. The van der Waals surface area contributed by atoms with Gasteiger partial charge >= 0.3 is 4.87 Å². The van der Waals surface area contributed by atoms with Gasteiger partial charge in [-0.15, -0.1) is 0 Å². The van der Waals surface area contributed by atoms with E-state index >= 15 is 0 Å². The van der Waals surface area contributed by atoms with E-state index in [2.05, 4.69) is 6.58 Å². The van der Waals surface area contributed by atoms with Crippen LogP contribution in [0.25, 0.3) is 0 Å². The van der Waals surface area contributed by atoms with Crippen LogP contribution < -0.4 is 10.6 Å². The highest BCUT2D eigenvalue weighted by Gasteiger charge is 2.02. The van der Waals surface area contributed by atoms with Gasteiger partial charge in [0.05, 0.1) is 0 Å². The Balaban J connectivity index is 2.88. The van der Waals surface area contributed by atoms with Crippen LogP contribution in [0.3, 0.4) is 0 Å². The number of nitrogens with zero attached hydrogens (tertiary/aromatic N) is 1. The molecular weight excluding hydrogens is 172 g/mol. The predicted molar refractivity (Wildman–Crippen MR) is 51.5 cm³/mol. The first-order valence-corrected chi connectivity index (χ1v) is 4.54. The van der Waals surface area contributed by atoms with E-state index in [-0.39, 0.29) is 4.87 Å². The number of thiazole rings is 1. The number of hydrogen-bond acceptors (Lipinski definition) is 3. The summed E-state index contributed by atoms with van der Waals surface area (Å²) in [5.41, 5.74) is 7.22. The molecular formula is C8H12N2OS. The second-order valence-corrected chi connectivity index (χ2v) is 3.50. The van der Waals surface area contributed by atoms with Crippen LogP contribution in [0.1, 0.15) is 5.69 Å². The van der Waals surface area contributed by atoms with Crippen molar-refractivity contribution in [2.75, 3.05) is 6.54 Å². The predicted octanol–water partition coefficient (Wildman–Crippen LogP) is 0.733. The molecule has 1 aromatic heterocycles. The van der Waals surface area contributed by atoms with Crippen molar-refractivity contribution in [2.24, 2.45) is 5.73 Å². The molecule has 1 heterocycles.